The summed E-state index contributed by atoms with van der Waals surface area (Å²) in [6.45, 7) is 4.38. The third-order valence-electron chi connectivity index (χ3n) is 3.93. The molecule has 0 aromatic carbocycles. The maximum absolute atomic E-state index is 11.9. The molecule has 3 rings (SSSR count). The molecule has 1 saturated heterocycles. The van der Waals surface area contributed by atoms with E-state index in [1.807, 2.05) is 6.92 Å². The number of likely N-dealkylation sites (tertiary alicyclic amines) is 1. The Kier molecular flexibility index (Phi) is 3.87. The summed E-state index contributed by atoms with van der Waals surface area (Å²) in [7, 11) is 0. The van der Waals surface area contributed by atoms with E-state index < -0.39 is 0 Å². The zero-order valence-electron chi connectivity index (χ0n) is 11.8. The summed E-state index contributed by atoms with van der Waals surface area (Å²) in [5.41, 5.74) is 0.527. The molecule has 1 atom stereocenters. The van der Waals surface area contributed by atoms with Crippen molar-refractivity contribution in [3.63, 3.8) is 0 Å². The number of aromatic nitrogens is 1. The summed E-state index contributed by atoms with van der Waals surface area (Å²) in [4.78, 5) is 18.7. The summed E-state index contributed by atoms with van der Waals surface area (Å²) < 4.78 is 5.07. The lowest BCUT2D eigenvalue weighted by Crippen LogP contribution is -2.28. The van der Waals surface area contributed by atoms with Crippen LogP contribution in [0.15, 0.2) is 18.3 Å². The van der Waals surface area contributed by atoms with Gasteiger partial charge in [0.1, 0.15) is 11.4 Å². The van der Waals surface area contributed by atoms with Crippen LogP contribution in [0.3, 0.4) is 0 Å². The number of hydrogen-bond acceptors (Lipinski definition) is 5. The lowest BCUT2D eigenvalue weighted by atomic mass is 10.2. The molecule has 0 bridgehead atoms. The van der Waals surface area contributed by atoms with E-state index in [1.165, 1.54) is 12.8 Å². The Bertz CT molecular complexity index is 488. The fourth-order valence-corrected chi connectivity index (χ4v) is 2.76. The monoisotopic (exact) mass is 275 g/mol. The van der Waals surface area contributed by atoms with Gasteiger partial charge in [0, 0.05) is 31.4 Å². The molecule has 2 heterocycles. The maximum atomic E-state index is 11.9. The van der Waals surface area contributed by atoms with E-state index in [2.05, 4.69) is 15.2 Å². The predicted octanol–water partition coefficient (Wildman–Crippen LogP) is 1.91. The molecule has 5 nitrogen and oxygen atoms in total. The summed E-state index contributed by atoms with van der Waals surface area (Å²) >= 11 is 0. The number of rotatable bonds is 5. The van der Waals surface area contributed by atoms with Gasteiger partial charge in [-0.3, -0.25) is 4.90 Å². The van der Waals surface area contributed by atoms with Gasteiger partial charge >= 0.3 is 5.97 Å². The molecule has 0 radical (unpaired) electrons. The highest BCUT2D eigenvalue weighted by Crippen LogP contribution is 2.30. The summed E-state index contributed by atoms with van der Waals surface area (Å²) in [6, 6.07) is 4.71. The smallest absolute Gasteiger partial charge is 0.341 e. The number of hydrogen-bond donors (Lipinski definition) is 1. The van der Waals surface area contributed by atoms with Crippen LogP contribution in [0.5, 0.6) is 0 Å². The van der Waals surface area contributed by atoms with Crippen molar-refractivity contribution in [3.05, 3.63) is 23.9 Å². The van der Waals surface area contributed by atoms with Crippen molar-refractivity contribution in [3.8, 4) is 0 Å². The molecule has 2 fully saturated rings. The fourth-order valence-electron chi connectivity index (χ4n) is 2.76. The highest BCUT2D eigenvalue weighted by molar-refractivity contribution is 5.94. The van der Waals surface area contributed by atoms with Gasteiger partial charge in [0.25, 0.3) is 0 Å². The normalized spacial score (nSPS) is 22.8. The van der Waals surface area contributed by atoms with Crippen molar-refractivity contribution in [2.24, 2.45) is 0 Å². The second kappa shape index (κ2) is 5.79. The van der Waals surface area contributed by atoms with Crippen molar-refractivity contribution >= 4 is 11.8 Å². The van der Waals surface area contributed by atoms with Crippen LogP contribution < -0.4 is 5.32 Å². The van der Waals surface area contributed by atoms with Crippen LogP contribution in [-0.4, -0.2) is 47.6 Å². The minimum Gasteiger partial charge on any atom is -0.462 e. The zero-order chi connectivity index (χ0) is 13.9. The molecule has 1 aliphatic carbocycles. The molecule has 20 heavy (non-hydrogen) atoms. The standard InChI is InChI=1S/C15H21N3O2/c1-2-20-15(19)13-4-3-8-16-14(13)17-11-7-9-18(10-11)12-5-6-12/h3-4,8,11-12H,2,5-7,9-10H2,1H3,(H,16,17). The van der Waals surface area contributed by atoms with E-state index in [1.54, 1.807) is 18.3 Å². The van der Waals surface area contributed by atoms with E-state index in [0.29, 0.717) is 24.0 Å². The highest BCUT2D eigenvalue weighted by atomic mass is 16.5. The van der Waals surface area contributed by atoms with E-state index in [0.717, 1.165) is 25.6 Å². The first-order chi connectivity index (χ1) is 9.78. The number of anilines is 1. The van der Waals surface area contributed by atoms with Crippen LogP contribution in [0.25, 0.3) is 0 Å². The Hall–Kier alpha value is -1.62. The van der Waals surface area contributed by atoms with Gasteiger partial charge < -0.3 is 10.1 Å². The van der Waals surface area contributed by atoms with Crippen molar-refractivity contribution in [2.75, 3.05) is 25.0 Å². The number of carbonyl (C=O) groups excluding carboxylic acids is 1. The molecule has 0 spiro atoms. The lowest BCUT2D eigenvalue weighted by molar-refractivity contribution is 0.0527. The van der Waals surface area contributed by atoms with Crippen LogP contribution in [0.4, 0.5) is 5.82 Å². The number of nitrogens with zero attached hydrogens (tertiary/aromatic N) is 2. The molecule has 1 aromatic heterocycles. The molecule has 5 heteroatoms. The quantitative estimate of drug-likeness (QED) is 0.832. The first kappa shape index (κ1) is 13.4. The second-order valence-electron chi connectivity index (χ2n) is 5.48. The minimum atomic E-state index is -0.305. The van der Waals surface area contributed by atoms with Gasteiger partial charge in [0.05, 0.1) is 6.61 Å². The molecule has 108 valence electrons. The van der Waals surface area contributed by atoms with Gasteiger partial charge in [-0.05, 0) is 38.3 Å². The van der Waals surface area contributed by atoms with Crippen LogP contribution in [-0.2, 0) is 4.74 Å². The van der Waals surface area contributed by atoms with E-state index in [9.17, 15) is 4.79 Å². The van der Waals surface area contributed by atoms with E-state index in [-0.39, 0.29) is 5.97 Å². The number of nitrogens with one attached hydrogen (secondary N) is 1. The predicted molar refractivity (Wildman–Crippen MR) is 76.8 cm³/mol. The second-order valence-corrected chi connectivity index (χ2v) is 5.48. The molecule has 1 aliphatic heterocycles. The van der Waals surface area contributed by atoms with Gasteiger partial charge in [-0.15, -0.1) is 0 Å². The fraction of sp³-hybridized carbons (Fsp3) is 0.600. The molecular weight excluding hydrogens is 254 g/mol. The van der Waals surface area contributed by atoms with Crippen molar-refractivity contribution in [2.45, 2.75) is 38.3 Å². The Morgan fingerprint density at radius 1 is 1.50 bits per heavy atom. The van der Waals surface area contributed by atoms with Crippen LogP contribution in [0.2, 0.25) is 0 Å². The average molecular weight is 275 g/mol. The summed E-state index contributed by atoms with van der Waals surface area (Å²) in [5.74, 6) is 0.341. The molecule has 1 aromatic rings. The minimum absolute atomic E-state index is 0.305. The summed E-state index contributed by atoms with van der Waals surface area (Å²) in [5, 5.41) is 3.41. The number of ether oxygens (including phenoxy) is 1. The zero-order valence-corrected chi connectivity index (χ0v) is 11.8. The third kappa shape index (κ3) is 2.93. The molecular formula is C15H21N3O2. The Labute approximate surface area is 119 Å². The highest BCUT2D eigenvalue weighted by Gasteiger charge is 2.34. The Balaban J connectivity index is 1.66. The summed E-state index contributed by atoms with van der Waals surface area (Å²) in [6.07, 6.45) is 5.49. The third-order valence-corrected chi connectivity index (χ3v) is 3.93. The van der Waals surface area contributed by atoms with Crippen LogP contribution in [0.1, 0.15) is 36.5 Å². The topological polar surface area (TPSA) is 54.5 Å². The largest absolute Gasteiger partial charge is 0.462 e. The van der Waals surface area contributed by atoms with Crippen molar-refractivity contribution < 1.29 is 9.53 Å². The molecule has 0 amide bonds. The Morgan fingerprint density at radius 2 is 2.35 bits per heavy atom. The van der Waals surface area contributed by atoms with E-state index >= 15 is 0 Å². The number of pyridine rings is 1. The van der Waals surface area contributed by atoms with Crippen LogP contribution >= 0.6 is 0 Å². The molecule has 1 N–H and O–H groups in total. The molecule has 2 aliphatic rings. The number of carbonyl (C=O) groups is 1. The number of esters is 1. The SMILES string of the molecule is CCOC(=O)c1cccnc1NC1CCN(C2CC2)C1. The van der Waals surface area contributed by atoms with Crippen LogP contribution in [0, 0.1) is 0 Å². The van der Waals surface area contributed by atoms with Gasteiger partial charge in [0.2, 0.25) is 0 Å². The van der Waals surface area contributed by atoms with Gasteiger partial charge in [-0.2, -0.15) is 0 Å². The maximum Gasteiger partial charge on any atom is 0.341 e. The van der Waals surface area contributed by atoms with E-state index in [4.69, 9.17) is 4.74 Å². The van der Waals surface area contributed by atoms with Crippen molar-refractivity contribution in [1.29, 1.82) is 0 Å². The first-order valence-electron chi connectivity index (χ1n) is 7.40. The van der Waals surface area contributed by atoms with Gasteiger partial charge in [0.15, 0.2) is 0 Å². The first-order valence-corrected chi connectivity index (χ1v) is 7.40. The molecule has 1 saturated carbocycles. The lowest BCUT2D eigenvalue weighted by Gasteiger charge is -2.17. The van der Waals surface area contributed by atoms with Gasteiger partial charge in [-0.25, -0.2) is 9.78 Å². The van der Waals surface area contributed by atoms with Gasteiger partial charge in [-0.1, -0.05) is 0 Å². The Morgan fingerprint density at radius 3 is 3.10 bits per heavy atom. The van der Waals surface area contributed by atoms with Crippen molar-refractivity contribution in [1.82, 2.24) is 9.88 Å². The molecule has 1 unspecified atom stereocenters. The average Bonchev–Trinajstić information content (AvgIpc) is 3.20.